The quantitative estimate of drug-likeness (QED) is 0.444. The number of fused-ring (bicyclic) bond motifs is 2. The van der Waals surface area contributed by atoms with Crippen LogP contribution < -0.4 is 29.6 Å². The molecule has 2 aromatic carbocycles. The number of aliphatic imine (C=N–C) groups is 1. The Morgan fingerprint density at radius 1 is 0.966 bits per heavy atom. The van der Waals surface area contributed by atoms with Crippen LogP contribution in [0.4, 0.5) is 5.69 Å². The van der Waals surface area contributed by atoms with Gasteiger partial charge in [-0.15, -0.1) is 6.58 Å². The number of nitrogens with one attached hydrogen (secondary N) is 2. The van der Waals surface area contributed by atoms with Crippen molar-refractivity contribution >= 4 is 11.6 Å². The molecule has 152 valence electrons. The summed E-state index contributed by atoms with van der Waals surface area (Å²) in [6, 6.07) is 11.8. The smallest absolute Gasteiger partial charge is 0.231 e. The number of anilines is 1. The highest BCUT2D eigenvalue weighted by atomic mass is 16.7. The molecule has 7 heteroatoms. The minimum atomic E-state index is 0.284. The Morgan fingerprint density at radius 3 is 2.62 bits per heavy atom. The first-order valence-corrected chi connectivity index (χ1v) is 9.76. The molecule has 0 saturated heterocycles. The average molecular weight is 395 g/mol. The van der Waals surface area contributed by atoms with Crippen LogP contribution in [-0.2, 0) is 6.42 Å². The van der Waals surface area contributed by atoms with Crippen LogP contribution in [0.2, 0.25) is 0 Å². The van der Waals surface area contributed by atoms with Crippen molar-refractivity contribution in [2.75, 3.05) is 38.4 Å². The van der Waals surface area contributed by atoms with Gasteiger partial charge in [-0.3, -0.25) is 4.99 Å². The first kappa shape index (κ1) is 19.0. The highest BCUT2D eigenvalue weighted by Crippen LogP contribution is 2.33. The van der Waals surface area contributed by atoms with Crippen molar-refractivity contribution in [3.63, 3.8) is 0 Å². The van der Waals surface area contributed by atoms with E-state index in [4.69, 9.17) is 18.9 Å². The molecule has 7 nitrogen and oxygen atoms in total. The van der Waals surface area contributed by atoms with E-state index in [0.717, 1.165) is 47.1 Å². The Bertz CT molecular complexity index is 898. The van der Waals surface area contributed by atoms with Crippen LogP contribution in [0, 0.1) is 0 Å². The summed E-state index contributed by atoms with van der Waals surface area (Å²) in [6.07, 6.45) is 3.46. The molecule has 29 heavy (non-hydrogen) atoms. The molecule has 0 saturated carbocycles. The molecule has 2 heterocycles. The normalized spacial score (nSPS) is 14.8. The third-order valence-electron chi connectivity index (χ3n) is 4.53. The molecule has 0 fully saturated rings. The lowest BCUT2D eigenvalue weighted by Crippen LogP contribution is -2.31. The highest BCUT2D eigenvalue weighted by molar-refractivity contribution is 5.94. The van der Waals surface area contributed by atoms with Crippen molar-refractivity contribution in [3.8, 4) is 23.0 Å². The predicted octanol–water partition coefficient (Wildman–Crippen LogP) is 3.36. The lowest BCUT2D eigenvalue weighted by Gasteiger charge is -2.14. The summed E-state index contributed by atoms with van der Waals surface area (Å²) in [5.41, 5.74) is 2.03. The Morgan fingerprint density at radius 2 is 1.72 bits per heavy atom. The standard InChI is InChI=1S/C22H25N3O4/c1-2-9-23-22(24-10-8-16-4-6-19-20(13-16)29-15-28-19)25-17-5-7-18-21(14-17)27-12-3-11-26-18/h2,4-7,13-14H,1,3,8-12,15H2,(H2,23,24,25). The van der Waals surface area contributed by atoms with Gasteiger partial charge in [0, 0.05) is 31.3 Å². The molecule has 0 aromatic heterocycles. The number of hydrogen-bond acceptors (Lipinski definition) is 5. The fraction of sp³-hybridized carbons (Fsp3) is 0.318. The fourth-order valence-corrected chi connectivity index (χ4v) is 3.08. The summed E-state index contributed by atoms with van der Waals surface area (Å²) in [5.74, 6) is 3.79. The molecule has 0 radical (unpaired) electrons. The van der Waals surface area contributed by atoms with E-state index in [1.165, 1.54) is 0 Å². The zero-order valence-electron chi connectivity index (χ0n) is 16.3. The number of guanidine groups is 1. The Hall–Kier alpha value is -3.35. The molecule has 2 aromatic rings. The van der Waals surface area contributed by atoms with Crippen molar-refractivity contribution in [3.05, 3.63) is 54.6 Å². The number of ether oxygens (including phenoxy) is 4. The first-order chi connectivity index (χ1) is 14.3. The number of benzene rings is 2. The number of hydrogen-bond donors (Lipinski definition) is 2. The zero-order valence-corrected chi connectivity index (χ0v) is 16.3. The fourth-order valence-electron chi connectivity index (χ4n) is 3.08. The Balaban J connectivity index is 1.41. The summed E-state index contributed by atoms with van der Waals surface area (Å²) in [5, 5.41) is 6.57. The maximum absolute atomic E-state index is 5.76. The van der Waals surface area contributed by atoms with Crippen LogP contribution in [0.15, 0.2) is 54.0 Å². The monoisotopic (exact) mass is 395 g/mol. The van der Waals surface area contributed by atoms with E-state index in [2.05, 4.69) is 22.2 Å². The van der Waals surface area contributed by atoms with Crippen LogP contribution in [0.25, 0.3) is 0 Å². The van der Waals surface area contributed by atoms with Gasteiger partial charge < -0.3 is 29.6 Å². The minimum Gasteiger partial charge on any atom is -0.490 e. The molecule has 0 aliphatic carbocycles. The topological polar surface area (TPSA) is 73.3 Å². The van der Waals surface area contributed by atoms with Gasteiger partial charge in [0.05, 0.1) is 13.2 Å². The first-order valence-electron chi connectivity index (χ1n) is 9.76. The van der Waals surface area contributed by atoms with Gasteiger partial charge in [-0.1, -0.05) is 12.1 Å². The lowest BCUT2D eigenvalue weighted by molar-refractivity contribution is 0.174. The summed E-state index contributed by atoms with van der Waals surface area (Å²) < 4.78 is 22.2. The van der Waals surface area contributed by atoms with Gasteiger partial charge in [0.15, 0.2) is 29.0 Å². The summed E-state index contributed by atoms with van der Waals surface area (Å²) in [6.45, 7) is 6.61. The Labute approximate surface area is 170 Å². The van der Waals surface area contributed by atoms with Gasteiger partial charge in [-0.05, 0) is 36.2 Å². The lowest BCUT2D eigenvalue weighted by atomic mass is 10.1. The van der Waals surface area contributed by atoms with Crippen molar-refractivity contribution < 1.29 is 18.9 Å². The maximum Gasteiger partial charge on any atom is 0.231 e. The largest absolute Gasteiger partial charge is 0.490 e. The molecule has 0 atom stereocenters. The van der Waals surface area contributed by atoms with Crippen LogP contribution >= 0.6 is 0 Å². The van der Waals surface area contributed by atoms with Gasteiger partial charge >= 0.3 is 0 Å². The van der Waals surface area contributed by atoms with Crippen molar-refractivity contribution in [2.24, 2.45) is 4.99 Å². The molecule has 2 N–H and O–H groups in total. The molecule has 2 aliphatic heterocycles. The number of rotatable bonds is 6. The Kier molecular flexibility index (Phi) is 6.04. The third-order valence-corrected chi connectivity index (χ3v) is 4.53. The van der Waals surface area contributed by atoms with Gasteiger partial charge in [0.2, 0.25) is 6.79 Å². The van der Waals surface area contributed by atoms with Gasteiger partial charge in [-0.25, -0.2) is 0 Å². The molecule has 0 spiro atoms. The molecule has 0 unspecified atom stereocenters. The van der Waals surface area contributed by atoms with Gasteiger partial charge in [-0.2, -0.15) is 0 Å². The van der Waals surface area contributed by atoms with E-state index in [-0.39, 0.29) is 6.79 Å². The summed E-state index contributed by atoms with van der Waals surface area (Å²) in [4.78, 5) is 4.68. The van der Waals surface area contributed by atoms with Crippen LogP contribution in [0.1, 0.15) is 12.0 Å². The van der Waals surface area contributed by atoms with Gasteiger partial charge in [0.1, 0.15) is 0 Å². The molecule has 2 aliphatic rings. The van der Waals surface area contributed by atoms with E-state index >= 15 is 0 Å². The SMILES string of the molecule is C=CCNC(=NCCc1ccc2c(c1)OCO2)Nc1ccc2c(c1)OCCCO2. The van der Waals surface area contributed by atoms with E-state index in [1.807, 2.05) is 36.4 Å². The molecular formula is C22H25N3O4. The zero-order chi connectivity index (χ0) is 19.9. The van der Waals surface area contributed by atoms with E-state index in [0.29, 0.717) is 32.3 Å². The van der Waals surface area contributed by atoms with Gasteiger partial charge in [0.25, 0.3) is 0 Å². The highest BCUT2D eigenvalue weighted by Gasteiger charge is 2.13. The molecule has 0 amide bonds. The van der Waals surface area contributed by atoms with Crippen molar-refractivity contribution in [1.82, 2.24) is 5.32 Å². The summed E-state index contributed by atoms with van der Waals surface area (Å²) >= 11 is 0. The second-order valence-corrected chi connectivity index (χ2v) is 6.67. The third kappa shape index (κ3) is 4.93. The molecular weight excluding hydrogens is 370 g/mol. The number of nitrogens with zero attached hydrogens (tertiary/aromatic N) is 1. The second kappa shape index (κ2) is 9.23. The van der Waals surface area contributed by atoms with Crippen molar-refractivity contribution in [2.45, 2.75) is 12.8 Å². The van der Waals surface area contributed by atoms with Crippen molar-refractivity contribution in [1.29, 1.82) is 0 Å². The average Bonchev–Trinajstić information content (AvgIpc) is 3.08. The van der Waals surface area contributed by atoms with E-state index < -0.39 is 0 Å². The minimum absolute atomic E-state index is 0.284. The van der Waals surface area contributed by atoms with Crippen LogP contribution in [0.3, 0.4) is 0 Å². The molecule has 0 bridgehead atoms. The summed E-state index contributed by atoms with van der Waals surface area (Å²) in [7, 11) is 0. The van der Waals surface area contributed by atoms with E-state index in [9.17, 15) is 0 Å². The predicted molar refractivity (Wildman–Crippen MR) is 112 cm³/mol. The van der Waals surface area contributed by atoms with Crippen LogP contribution in [0.5, 0.6) is 23.0 Å². The second-order valence-electron chi connectivity index (χ2n) is 6.67. The molecule has 4 rings (SSSR count). The van der Waals surface area contributed by atoms with Crippen LogP contribution in [-0.4, -0.2) is 39.1 Å². The maximum atomic E-state index is 5.76. The van der Waals surface area contributed by atoms with E-state index in [1.54, 1.807) is 6.08 Å².